The van der Waals surface area contributed by atoms with Crippen LogP contribution in [0.1, 0.15) is 23.6 Å². The van der Waals surface area contributed by atoms with Gasteiger partial charge in [-0.1, -0.05) is 6.92 Å². The van der Waals surface area contributed by atoms with Crippen LogP contribution in [0.2, 0.25) is 0 Å². The summed E-state index contributed by atoms with van der Waals surface area (Å²) in [5, 5.41) is 0. The lowest BCUT2D eigenvalue weighted by atomic mass is 9.97. The number of aryl methyl sites for hydroxylation is 1. The maximum atomic E-state index is 12.7. The molecule has 0 spiro atoms. The minimum absolute atomic E-state index is 0.0753. The molecule has 0 bridgehead atoms. The second kappa shape index (κ2) is 5.45. The van der Waals surface area contributed by atoms with E-state index in [1.807, 2.05) is 0 Å². The number of benzene rings is 1. The van der Waals surface area contributed by atoms with Crippen molar-refractivity contribution in [3.63, 3.8) is 0 Å². The zero-order valence-electron chi connectivity index (χ0n) is 9.87. The molecule has 0 radical (unpaired) electrons. The van der Waals surface area contributed by atoms with E-state index in [9.17, 15) is 35.1 Å². The fourth-order valence-electron chi connectivity index (χ4n) is 1.68. The Bertz CT molecular complexity index is 475. The van der Waals surface area contributed by atoms with Crippen molar-refractivity contribution in [2.45, 2.75) is 32.3 Å². The van der Waals surface area contributed by atoms with E-state index in [1.165, 1.54) is 6.92 Å². The Balaban J connectivity index is 3.57. The molecular formula is C11H8F8O. The molecule has 0 N–H and O–H groups in total. The van der Waals surface area contributed by atoms with E-state index in [0.29, 0.717) is 6.07 Å². The summed E-state index contributed by atoms with van der Waals surface area (Å²) in [6.07, 6.45) is -11.0. The third kappa shape index (κ3) is 3.73. The van der Waals surface area contributed by atoms with Gasteiger partial charge in [0.1, 0.15) is 5.75 Å². The molecule has 1 rings (SSSR count). The zero-order valence-corrected chi connectivity index (χ0v) is 9.87. The van der Waals surface area contributed by atoms with Gasteiger partial charge in [-0.05, 0) is 24.1 Å². The molecule has 114 valence electrons. The van der Waals surface area contributed by atoms with Crippen molar-refractivity contribution in [3.8, 4) is 5.75 Å². The third-order valence-corrected chi connectivity index (χ3v) is 2.39. The summed E-state index contributed by atoms with van der Waals surface area (Å²) in [5.41, 5.74) is -4.68. The lowest BCUT2D eigenvalue weighted by Crippen LogP contribution is -2.19. The maximum Gasteiger partial charge on any atom is 0.417 e. The number of hydrogen-bond donors (Lipinski definition) is 0. The van der Waals surface area contributed by atoms with Crippen molar-refractivity contribution >= 4 is 0 Å². The highest BCUT2D eigenvalue weighted by atomic mass is 19.4. The molecule has 0 saturated carbocycles. The van der Waals surface area contributed by atoms with Gasteiger partial charge in [-0.2, -0.15) is 35.1 Å². The molecule has 0 atom stereocenters. The molecule has 0 aliphatic rings. The SMILES string of the molecule is CCc1cc(OC(F)F)cc(C(F)(F)F)c1C(F)(F)F. The van der Waals surface area contributed by atoms with Gasteiger partial charge in [0.15, 0.2) is 0 Å². The molecule has 0 amide bonds. The number of hydrogen-bond acceptors (Lipinski definition) is 1. The van der Waals surface area contributed by atoms with Gasteiger partial charge in [0.05, 0.1) is 11.1 Å². The predicted octanol–water partition coefficient (Wildman–Crippen LogP) is 4.89. The molecule has 0 fully saturated rings. The minimum atomic E-state index is -5.34. The Morgan fingerprint density at radius 3 is 1.90 bits per heavy atom. The molecule has 0 aliphatic carbocycles. The predicted molar refractivity (Wildman–Crippen MR) is 52.5 cm³/mol. The van der Waals surface area contributed by atoms with E-state index >= 15 is 0 Å². The molecule has 0 aliphatic heterocycles. The first kappa shape index (κ1) is 16.5. The van der Waals surface area contributed by atoms with Crippen molar-refractivity contribution in [1.29, 1.82) is 0 Å². The lowest BCUT2D eigenvalue weighted by molar-refractivity contribution is -0.162. The quantitative estimate of drug-likeness (QED) is 0.723. The summed E-state index contributed by atoms with van der Waals surface area (Å²) in [6, 6.07) is 0.457. The second-order valence-electron chi connectivity index (χ2n) is 3.73. The topological polar surface area (TPSA) is 9.23 Å². The minimum Gasteiger partial charge on any atom is -0.435 e. The first-order chi connectivity index (χ1) is 8.96. The second-order valence-corrected chi connectivity index (χ2v) is 3.73. The van der Waals surface area contributed by atoms with Crippen molar-refractivity contribution in [2.75, 3.05) is 0 Å². The highest BCUT2D eigenvalue weighted by Crippen LogP contribution is 2.44. The smallest absolute Gasteiger partial charge is 0.417 e. The molecule has 0 heterocycles. The Hall–Kier alpha value is -1.54. The standard InChI is InChI=1S/C11H8F8O/c1-2-5-3-6(20-9(12)13)4-7(10(14,15)16)8(5)11(17,18)19/h3-4,9H,2H2,1H3. The number of ether oxygens (including phenoxy) is 1. The van der Waals surface area contributed by atoms with Crippen LogP contribution < -0.4 is 4.74 Å². The van der Waals surface area contributed by atoms with Crippen molar-refractivity contribution < 1.29 is 39.9 Å². The molecule has 9 heteroatoms. The molecule has 0 saturated heterocycles. The van der Waals surface area contributed by atoms with Gasteiger partial charge >= 0.3 is 19.0 Å². The monoisotopic (exact) mass is 308 g/mol. The van der Waals surface area contributed by atoms with E-state index in [1.54, 1.807) is 0 Å². The van der Waals surface area contributed by atoms with E-state index in [4.69, 9.17) is 0 Å². The van der Waals surface area contributed by atoms with Gasteiger partial charge in [-0.3, -0.25) is 0 Å². The molecule has 0 unspecified atom stereocenters. The normalized spacial score (nSPS) is 12.9. The highest BCUT2D eigenvalue weighted by molar-refractivity contribution is 5.45. The van der Waals surface area contributed by atoms with Crippen LogP contribution in [0.25, 0.3) is 0 Å². The van der Waals surface area contributed by atoms with Crippen molar-refractivity contribution in [1.82, 2.24) is 0 Å². The van der Waals surface area contributed by atoms with Crippen molar-refractivity contribution in [3.05, 3.63) is 28.8 Å². The van der Waals surface area contributed by atoms with E-state index in [2.05, 4.69) is 4.74 Å². The largest absolute Gasteiger partial charge is 0.435 e. The van der Waals surface area contributed by atoms with Crippen LogP contribution >= 0.6 is 0 Å². The Kier molecular flexibility index (Phi) is 4.50. The van der Waals surface area contributed by atoms with Gasteiger partial charge < -0.3 is 4.74 Å². The summed E-state index contributed by atoms with van der Waals surface area (Å²) in [7, 11) is 0. The van der Waals surface area contributed by atoms with E-state index in [-0.39, 0.29) is 6.07 Å². The average molecular weight is 308 g/mol. The summed E-state index contributed by atoms with van der Waals surface area (Å²) < 4.78 is 104. The fourth-order valence-corrected chi connectivity index (χ4v) is 1.68. The van der Waals surface area contributed by atoms with Crippen LogP contribution in [-0.4, -0.2) is 6.61 Å². The van der Waals surface area contributed by atoms with Gasteiger partial charge in [-0.25, -0.2) is 0 Å². The van der Waals surface area contributed by atoms with Crippen LogP contribution in [0.4, 0.5) is 35.1 Å². The number of halogens is 8. The van der Waals surface area contributed by atoms with Crippen LogP contribution in [-0.2, 0) is 18.8 Å². The van der Waals surface area contributed by atoms with Crippen LogP contribution in [0.5, 0.6) is 5.75 Å². The average Bonchev–Trinajstić information content (AvgIpc) is 2.24. The van der Waals surface area contributed by atoms with E-state index < -0.39 is 47.8 Å². The first-order valence-electron chi connectivity index (χ1n) is 5.23. The number of rotatable bonds is 3. The Labute approximate surface area is 108 Å². The van der Waals surface area contributed by atoms with Gasteiger partial charge in [-0.15, -0.1) is 0 Å². The molecule has 1 nitrogen and oxygen atoms in total. The molecule has 1 aromatic rings. The first-order valence-corrected chi connectivity index (χ1v) is 5.23. The summed E-state index contributed by atoms with van der Waals surface area (Å²) >= 11 is 0. The van der Waals surface area contributed by atoms with Gasteiger partial charge in [0.2, 0.25) is 0 Å². The molecular weight excluding hydrogens is 300 g/mol. The summed E-state index contributed by atoms with van der Waals surface area (Å²) in [6.45, 7) is -2.26. The highest BCUT2D eigenvalue weighted by Gasteiger charge is 2.45. The zero-order chi connectivity index (χ0) is 15.7. The molecule has 1 aromatic carbocycles. The summed E-state index contributed by atoms with van der Waals surface area (Å²) in [5.74, 6) is -0.961. The lowest BCUT2D eigenvalue weighted by Gasteiger charge is -2.20. The van der Waals surface area contributed by atoms with Gasteiger partial charge in [0, 0.05) is 0 Å². The Morgan fingerprint density at radius 1 is 1.00 bits per heavy atom. The molecule has 0 aromatic heterocycles. The maximum absolute atomic E-state index is 12.7. The van der Waals surface area contributed by atoms with Crippen LogP contribution in [0.15, 0.2) is 12.1 Å². The summed E-state index contributed by atoms with van der Waals surface area (Å²) in [4.78, 5) is 0. The van der Waals surface area contributed by atoms with Crippen molar-refractivity contribution in [2.24, 2.45) is 0 Å². The fraction of sp³-hybridized carbons (Fsp3) is 0.455. The molecule has 20 heavy (non-hydrogen) atoms. The Morgan fingerprint density at radius 2 is 1.55 bits per heavy atom. The van der Waals surface area contributed by atoms with Crippen LogP contribution in [0.3, 0.4) is 0 Å². The number of alkyl halides is 8. The van der Waals surface area contributed by atoms with Gasteiger partial charge in [0.25, 0.3) is 0 Å². The van der Waals surface area contributed by atoms with E-state index in [0.717, 1.165) is 0 Å². The third-order valence-electron chi connectivity index (χ3n) is 2.39. The van der Waals surface area contributed by atoms with Crippen LogP contribution in [0, 0.1) is 0 Å².